The van der Waals surface area contributed by atoms with E-state index in [9.17, 15) is 10.1 Å². The monoisotopic (exact) mass is 272 g/mol. The second kappa shape index (κ2) is 4.40. The van der Waals surface area contributed by atoms with E-state index in [1.165, 1.54) is 6.07 Å². The Bertz CT molecular complexity index is 676. The molecule has 104 valence electrons. The van der Waals surface area contributed by atoms with Gasteiger partial charge in [0.25, 0.3) is 5.69 Å². The molecule has 0 radical (unpaired) electrons. The van der Waals surface area contributed by atoms with Crippen molar-refractivity contribution in [3.8, 4) is 11.4 Å². The van der Waals surface area contributed by atoms with Crippen LogP contribution in [0.3, 0.4) is 0 Å². The van der Waals surface area contributed by atoms with Crippen molar-refractivity contribution in [2.24, 2.45) is 5.41 Å². The van der Waals surface area contributed by atoms with Crippen LogP contribution in [0, 0.1) is 15.5 Å². The van der Waals surface area contributed by atoms with Crippen molar-refractivity contribution in [3.63, 3.8) is 0 Å². The number of nitro benzene ring substituents is 1. The molecule has 0 bridgehead atoms. The van der Waals surface area contributed by atoms with Crippen LogP contribution in [0.5, 0.6) is 0 Å². The molecule has 0 unspecified atom stereocenters. The maximum atomic E-state index is 10.9. The summed E-state index contributed by atoms with van der Waals surface area (Å²) < 4.78 is 2.09. The summed E-state index contributed by atoms with van der Waals surface area (Å²) in [6, 6.07) is 6.56. The number of hydrogen-bond acceptors (Lipinski definition) is 4. The Balaban J connectivity index is 2.06. The van der Waals surface area contributed by atoms with Gasteiger partial charge in [-0.15, -0.1) is 10.2 Å². The molecule has 0 spiro atoms. The van der Waals surface area contributed by atoms with Crippen molar-refractivity contribution in [1.82, 2.24) is 14.8 Å². The SMILES string of the molecule is CC1(C)CCc2nnc(-c3cccc([N+](=O)[O-])c3)n2C1. The highest BCUT2D eigenvalue weighted by Crippen LogP contribution is 2.33. The van der Waals surface area contributed by atoms with E-state index >= 15 is 0 Å². The molecule has 0 atom stereocenters. The van der Waals surface area contributed by atoms with Gasteiger partial charge in [-0.3, -0.25) is 10.1 Å². The van der Waals surface area contributed by atoms with Crippen LogP contribution in [-0.2, 0) is 13.0 Å². The summed E-state index contributed by atoms with van der Waals surface area (Å²) in [6.45, 7) is 5.27. The normalized spacial score (nSPS) is 16.7. The van der Waals surface area contributed by atoms with Crippen LogP contribution >= 0.6 is 0 Å². The fraction of sp³-hybridized carbons (Fsp3) is 0.429. The molecule has 0 saturated heterocycles. The summed E-state index contributed by atoms with van der Waals surface area (Å²) in [6.07, 6.45) is 1.98. The second-order valence-electron chi connectivity index (χ2n) is 6.00. The van der Waals surface area contributed by atoms with Gasteiger partial charge in [-0.25, -0.2) is 0 Å². The molecule has 0 aliphatic carbocycles. The molecular weight excluding hydrogens is 256 g/mol. The van der Waals surface area contributed by atoms with Gasteiger partial charge >= 0.3 is 0 Å². The average molecular weight is 272 g/mol. The summed E-state index contributed by atoms with van der Waals surface area (Å²) in [4.78, 5) is 10.5. The molecule has 0 fully saturated rings. The zero-order chi connectivity index (χ0) is 14.3. The lowest BCUT2D eigenvalue weighted by Crippen LogP contribution is -2.27. The zero-order valence-corrected chi connectivity index (χ0v) is 11.5. The minimum absolute atomic E-state index is 0.0786. The van der Waals surface area contributed by atoms with Crippen molar-refractivity contribution < 1.29 is 4.92 Å². The molecule has 0 N–H and O–H groups in total. The first-order chi connectivity index (χ1) is 9.46. The summed E-state index contributed by atoms with van der Waals surface area (Å²) in [5, 5.41) is 19.3. The minimum Gasteiger partial charge on any atom is -0.310 e. The number of aryl methyl sites for hydroxylation is 1. The van der Waals surface area contributed by atoms with Gasteiger partial charge in [0.15, 0.2) is 5.82 Å². The highest BCUT2D eigenvalue weighted by atomic mass is 16.6. The van der Waals surface area contributed by atoms with Gasteiger partial charge in [-0.05, 0) is 11.8 Å². The van der Waals surface area contributed by atoms with Gasteiger partial charge in [0.1, 0.15) is 5.82 Å². The summed E-state index contributed by atoms with van der Waals surface area (Å²) >= 11 is 0. The Morgan fingerprint density at radius 2 is 2.15 bits per heavy atom. The van der Waals surface area contributed by atoms with Crippen LogP contribution in [0.15, 0.2) is 24.3 Å². The standard InChI is InChI=1S/C14H16N4O2/c1-14(2)7-6-12-15-16-13(17(12)9-14)10-4-3-5-11(8-10)18(19)20/h3-5,8H,6-7,9H2,1-2H3. The molecule has 6 nitrogen and oxygen atoms in total. The van der Waals surface area contributed by atoms with Gasteiger partial charge in [-0.1, -0.05) is 26.0 Å². The largest absolute Gasteiger partial charge is 0.310 e. The van der Waals surface area contributed by atoms with Crippen molar-refractivity contribution in [3.05, 3.63) is 40.2 Å². The molecule has 1 aliphatic heterocycles. The minimum atomic E-state index is -0.388. The smallest absolute Gasteiger partial charge is 0.270 e. The Labute approximate surface area is 116 Å². The molecule has 6 heteroatoms. The Morgan fingerprint density at radius 1 is 1.35 bits per heavy atom. The van der Waals surface area contributed by atoms with Crippen LogP contribution in [0.2, 0.25) is 0 Å². The van der Waals surface area contributed by atoms with E-state index in [1.807, 2.05) is 6.07 Å². The quantitative estimate of drug-likeness (QED) is 0.622. The van der Waals surface area contributed by atoms with Crippen molar-refractivity contribution in [2.75, 3.05) is 0 Å². The van der Waals surface area contributed by atoms with Crippen LogP contribution < -0.4 is 0 Å². The number of aromatic nitrogens is 3. The molecule has 1 aromatic heterocycles. The summed E-state index contributed by atoms with van der Waals surface area (Å²) in [7, 11) is 0. The van der Waals surface area contributed by atoms with Crippen LogP contribution in [0.4, 0.5) is 5.69 Å². The average Bonchev–Trinajstić information content (AvgIpc) is 2.80. The fourth-order valence-electron chi connectivity index (χ4n) is 2.62. The molecule has 1 aliphatic rings. The van der Waals surface area contributed by atoms with Crippen LogP contribution in [0.1, 0.15) is 26.1 Å². The van der Waals surface area contributed by atoms with Crippen molar-refractivity contribution in [1.29, 1.82) is 0 Å². The number of hydrogen-bond donors (Lipinski definition) is 0. The van der Waals surface area contributed by atoms with Gasteiger partial charge in [0.2, 0.25) is 0 Å². The molecule has 3 rings (SSSR count). The molecule has 2 aromatic rings. The first-order valence-electron chi connectivity index (χ1n) is 6.63. The number of nitrogens with zero attached hydrogens (tertiary/aromatic N) is 4. The maximum absolute atomic E-state index is 10.9. The van der Waals surface area contributed by atoms with E-state index in [-0.39, 0.29) is 16.0 Å². The topological polar surface area (TPSA) is 73.8 Å². The number of rotatable bonds is 2. The summed E-state index contributed by atoms with van der Waals surface area (Å²) in [5.41, 5.74) is 1.02. The first kappa shape index (κ1) is 12.8. The number of fused-ring (bicyclic) bond motifs is 1. The molecule has 20 heavy (non-hydrogen) atoms. The highest BCUT2D eigenvalue weighted by Gasteiger charge is 2.28. The van der Waals surface area contributed by atoms with Gasteiger partial charge in [0, 0.05) is 30.7 Å². The molecule has 1 aromatic carbocycles. The fourth-order valence-corrected chi connectivity index (χ4v) is 2.62. The van der Waals surface area contributed by atoms with Crippen LogP contribution in [-0.4, -0.2) is 19.7 Å². The Kier molecular flexibility index (Phi) is 2.81. The molecule has 0 saturated carbocycles. The lowest BCUT2D eigenvalue weighted by Gasteiger charge is -2.30. The predicted molar refractivity (Wildman–Crippen MR) is 74.2 cm³/mol. The maximum Gasteiger partial charge on any atom is 0.270 e. The van der Waals surface area contributed by atoms with E-state index in [0.29, 0.717) is 0 Å². The lowest BCUT2D eigenvalue weighted by atomic mass is 9.85. The van der Waals surface area contributed by atoms with Gasteiger partial charge in [-0.2, -0.15) is 0 Å². The number of non-ortho nitro benzene ring substituents is 1. The van der Waals surface area contributed by atoms with Crippen LogP contribution in [0.25, 0.3) is 11.4 Å². The third-order valence-electron chi connectivity index (χ3n) is 3.75. The first-order valence-corrected chi connectivity index (χ1v) is 6.63. The Morgan fingerprint density at radius 3 is 2.90 bits per heavy atom. The van der Waals surface area contributed by atoms with E-state index < -0.39 is 0 Å². The highest BCUT2D eigenvalue weighted by molar-refractivity contribution is 5.59. The third-order valence-corrected chi connectivity index (χ3v) is 3.75. The second-order valence-corrected chi connectivity index (χ2v) is 6.00. The third kappa shape index (κ3) is 2.17. The van der Waals surface area contributed by atoms with Crippen molar-refractivity contribution >= 4 is 5.69 Å². The van der Waals surface area contributed by atoms with E-state index in [4.69, 9.17) is 0 Å². The lowest BCUT2D eigenvalue weighted by molar-refractivity contribution is -0.384. The van der Waals surface area contributed by atoms with Gasteiger partial charge in [0.05, 0.1) is 4.92 Å². The van der Waals surface area contributed by atoms with Crippen molar-refractivity contribution in [2.45, 2.75) is 33.2 Å². The predicted octanol–water partition coefficient (Wildman–Crippen LogP) is 2.83. The number of benzene rings is 1. The molecule has 0 amide bonds. The number of nitro groups is 1. The zero-order valence-electron chi connectivity index (χ0n) is 11.5. The molecule has 2 heterocycles. The van der Waals surface area contributed by atoms with E-state index in [1.54, 1.807) is 12.1 Å². The Hall–Kier alpha value is -2.24. The summed E-state index contributed by atoms with van der Waals surface area (Å²) in [5.74, 6) is 1.68. The van der Waals surface area contributed by atoms with E-state index in [0.717, 1.165) is 36.6 Å². The van der Waals surface area contributed by atoms with Gasteiger partial charge < -0.3 is 4.57 Å². The molecular formula is C14H16N4O2. The van der Waals surface area contributed by atoms with E-state index in [2.05, 4.69) is 28.6 Å².